The number of nitrogens with zero attached hydrogens (tertiary/aromatic N) is 3. The molecule has 2 amide bonds. The van der Waals surface area contributed by atoms with E-state index in [1.54, 1.807) is 17.3 Å². The molecule has 0 spiro atoms. The van der Waals surface area contributed by atoms with Gasteiger partial charge in [0.25, 0.3) is 0 Å². The fraction of sp³-hybridized carbons (Fsp3) is 0.444. The lowest BCUT2D eigenvalue weighted by Gasteiger charge is -2.45. The second-order valence-corrected chi connectivity index (χ2v) is 11.6. The number of carboxylic acid groups (broad SMARTS) is 1. The highest BCUT2D eigenvalue weighted by atomic mass is 79.9. The van der Waals surface area contributed by atoms with Crippen LogP contribution in [0, 0.1) is 5.92 Å². The number of rotatable bonds is 5. The quantitative estimate of drug-likeness (QED) is 0.369. The SMILES string of the molecule is CC(C)(C)N(C(=O)O)[C@@H]1CCCN(c2c(Br)cnc3[nH]cc(NC(=O)[C@@H]4C[C@H]4c4ccccc4)c23)C1. The summed E-state index contributed by atoms with van der Waals surface area (Å²) in [6.45, 7) is 7.16. The van der Waals surface area contributed by atoms with Gasteiger partial charge in [-0.3, -0.25) is 9.69 Å². The van der Waals surface area contributed by atoms with Gasteiger partial charge in [-0.25, -0.2) is 9.78 Å². The van der Waals surface area contributed by atoms with Gasteiger partial charge in [-0.05, 0) is 67.4 Å². The number of fused-ring (bicyclic) bond motifs is 1. The number of carbonyl (C=O) groups is 2. The third-order valence-electron chi connectivity index (χ3n) is 7.25. The second kappa shape index (κ2) is 9.42. The van der Waals surface area contributed by atoms with Crippen molar-refractivity contribution in [2.45, 2.75) is 57.5 Å². The number of hydrogen-bond donors (Lipinski definition) is 3. The van der Waals surface area contributed by atoms with E-state index in [9.17, 15) is 14.7 Å². The number of pyridine rings is 1. The fourth-order valence-corrected chi connectivity index (χ4v) is 6.15. The van der Waals surface area contributed by atoms with Crippen molar-refractivity contribution >= 4 is 50.3 Å². The molecule has 1 saturated carbocycles. The molecule has 0 radical (unpaired) electrons. The summed E-state index contributed by atoms with van der Waals surface area (Å²) in [6, 6.07) is 10.0. The summed E-state index contributed by atoms with van der Waals surface area (Å²) in [6.07, 6.45) is 5.18. The Balaban J connectivity index is 1.42. The molecule has 3 heterocycles. The lowest BCUT2D eigenvalue weighted by Crippen LogP contribution is -2.56. The first-order valence-corrected chi connectivity index (χ1v) is 13.2. The van der Waals surface area contributed by atoms with Gasteiger partial charge < -0.3 is 20.3 Å². The van der Waals surface area contributed by atoms with E-state index in [2.05, 4.69) is 48.2 Å². The molecule has 1 aromatic carbocycles. The predicted octanol–water partition coefficient (Wildman–Crippen LogP) is 5.81. The monoisotopic (exact) mass is 553 g/mol. The molecule has 8 nitrogen and oxygen atoms in total. The summed E-state index contributed by atoms with van der Waals surface area (Å²) in [4.78, 5) is 36.8. The minimum Gasteiger partial charge on any atom is -0.465 e. The molecule has 1 aliphatic carbocycles. The summed E-state index contributed by atoms with van der Waals surface area (Å²) < 4.78 is 0.817. The van der Waals surface area contributed by atoms with Crippen molar-refractivity contribution in [3.05, 3.63) is 52.8 Å². The number of aromatic nitrogens is 2. The Hall–Kier alpha value is -3.07. The molecule has 5 rings (SSSR count). The van der Waals surface area contributed by atoms with Crippen LogP contribution in [0.5, 0.6) is 0 Å². The van der Waals surface area contributed by atoms with Gasteiger partial charge in [0.2, 0.25) is 5.91 Å². The molecule has 3 aromatic rings. The van der Waals surface area contributed by atoms with Crippen molar-refractivity contribution < 1.29 is 14.7 Å². The highest BCUT2D eigenvalue weighted by Gasteiger charge is 2.44. The van der Waals surface area contributed by atoms with E-state index >= 15 is 0 Å². The Morgan fingerprint density at radius 2 is 2.00 bits per heavy atom. The third-order valence-corrected chi connectivity index (χ3v) is 7.83. The first-order chi connectivity index (χ1) is 17.1. The van der Waals surface area contributed by atoms with Crippen molar-refractivity contribution in [1.82, 2.24) is 14.9 Å². The lowest BCUT2D eigenvalue weighted by molar-refractivity contribution is -0.117. The summed E-state index contributed by atoms with van der Waals surface area (Å²) in [5, 5.41) is 13.9. The normalized spacial score (nSPS) is 21.9. The van der Waals surface area contributed by atoms with E-state index in [4.69, 9.17) is 0 Å². The van der Waals surface area contributed by atoms with Crippen LogP contribution in [-0.2, 0) is 4.79 Å². The Morgan fingerprint density at radius 1 is 1.25 bits per heavy atom. The molecular weight excluding hydrogens is 522 g/mol. The molecular formula is C27H32BrN5O3. The molecule has 0 unspecified atom stereocenters. The Labute approximate surface area is 219 Å². The largest absolute Gasteiger partial charge is 0.465 e. The molecule has 2 fully saturated rings. The van der Waals surface area contributed by atoms with Crippen molar-refractivity contribution in [1.29, 1.82) is 0 Å². The molecule has 1 aliphatic heterocycles. The van der Waals surface area contributed by atoms with Crippen LogP contribution in [0.25, 0.3) is 11.0 Å². The standard InChI is InChI=1S/C27H32BrN5O3/c1-27(2,3)33(26(35)36)17-10-7-11-32(15-17)23-20(28)13-29-24-22(23)21(14-30-24)31-25(34)19-12-18(19)16-8-5-4-6-9-16/h4-6,8-9,13-14,17-19H,7,10-12,15H2,1-3H3,(H,29,30)(H,31,34)(H,35,36)/t17-,18+,19-/m1/s1. The van der Waals surface area contributed by atoms with Gasteiger partial charge in [-0.2, -0.15) is 0 Å². The van der Waals surface area contributed by atoms with E-state index in [1.807, 2.05) is 39.0 Å². The highest BCUT2D eigenvalue weighted by Crippen LogP contribution is 2.48. The second-order valence-electron chi connectivity index (χ2n) is 10.8. The van der Waals surface area contributed by atoms with Gasteiger partial charge in [0.05, 0.1) is 27.3 Å². The fourth-order valence-electron chi connectivity index (χ4n) is 5.60. The molecule has 2 aromatic heterocycles. The van der Waals surface area contributed by atoms with E-state index in [0.717, 1.165) is 41.4 Å². The van der Waals surface area contributed by atoms with Crippen LogP contribution in [0.15, 0.2) is 47.2 Å². The smallest absolute Gasteiger partial charge is 0.408 e. The van der Waals surface area contributed by atoms with E-state index < -0.39 is 11.6 Å². The van der Waals surface area contributed by atoms with Crippen molar-refractivity contribution in [3.63, 3.8) is 0 Å². The molecule has 9 heteroatoms. The third kappa shape index (κ3) is 4.68. The number of benzene rings is 1. The van der Waals surface area contributed by atoms with Crippen molar-refractivity contribution in [2.24, 2.45) is 5.92 Å². The summed E-state index contributed by atoms with van der Waals surface area (Å²) in [7, 11) is 0. The average Bonchev–Trinajstić information content (AvgIpc) is 3.54. The first-order valence-electron chi connectivity index (χ1n) is 12.4. The van der Waals surface area contributed by atoms with Crippen LogP contribution in [0.4, 0.5) is 16.2 Å². The van der Waals surface area contributed by atoms with E-state index in [-0.39, 0.29) is 23.8 Å². The van der Waals surface area contributed by atoms with Crippen LogP contribution in [0.2, 0.25) is 0 Å². The van der Waals surface area contributed by atoms with Crippen molar-refractivity contribution in [2.75, 3.05) is 23.3 Å². The van der Waals surface area contributed by atoms with E-state index in [1.165, 1.54) is 5.56 Å². The zero-order valence-electron chi connectivity index (χ0n) is 20.8. The van der Waals surface area contributed by atoms with E-state index in [0.29, 0.717) is 17.9 Å². The zero-order chi connectivity index (χ0) is 25.6. The van der Waals surface area contributed by atoms with Crippen LogP contribution in [-0.4, -0.2) is 56.6 Å². The maximum Gasteiger partial charge on any atom is 0.408 e. The van der Waals surface area contributed by atoms with Gasteiger partial charge in [0.15, 0.2) is 0 Å². The van der Waals surface area contributed by atoms with Gasteiger partial charge in [0, 0.05) is 36.9 Å². The first kappa shape index (κ1) is 24.6. The van der Waals surface area contributed by atoms with Crippen LogP contribution in [0.1, 0.15) is 51.5 Å². The van der Waals surface area contributed by atoms with Crippen molar-refractivity contribution in [3.8, 4) is 0 Å². The number of amides is 2. The van der Waals surface area contributed by atoms with Crippen LogP contribution < -0.4 is 10.2 Å². The number of hydrogen-bond acceptors (Lipinski definition) is 4. The molecule has 3 N–H and O–H groups in total. The maximum atomic E-state index is 13.2. The van der Waals surface area contributed by atoms with Gasteiger partial charge in [-0.1, -0.05) is 30.3 Å². The van der Waals surface area contributed by atoms with Gasteiger partial charge >= 0.3 is 6.09 Å². The maximum absolute atomic E-state index is 13.2. The zero-order valence-corrected chi connectivity index (χ0v) is 22.4. The number of piperidine rings is 1. The Morgan fingerprint density at radius 3 is 2.69 bits per heavy atom. The number of halogens is 1. The minimum atomic E-state index is -0.903. The number of nitrogens with one attached hydrogen (secondary N) is 2. The number of carbonyl (C=O) groups excluding carboxylic acids is 1. The summed E-state index contributed by atoms with van der Waals surface area (Å²) in [5.74, 6) is 0.219. The Kier molecular flexibility index (Phi) is 6.44. The van der Waals surface area contributed by atoms with Crippen LogP contribution in [0.3, 0.4) is 0 Å². The lowest BCUT2D eigenvalue weighted by atomic mass is 9.97. The highest BCUT2D eigenvalue weighted by molar-refractivity contribution is 9.10. The number of H-pyrrole nitrogens is 1. The van der Waals surface area contributed by atoms with Gasteiger partial charge in [0.1, 0.15) is 5.65 Å². The Bertz CT molecular complexity index is 1290. The molecule has 2 aliphatic rings. The topological polar surface area (TPSA) is 102 Å². The predicted molar refractivity (Wildman–Crippen MR) is 145 cm³/mol. The van der Waals surface area contributed by atoms with Gasteiger partial charge in [-0.15, -0.1) is 0 Å². The molecule has 3 atom stereocenters. The minimum absolute atomic E-state index is 0.0111. The summed E-state index contributed by atoms with van der Waals surface area (Å²) >= 11 is 3.68. The number of aromatic amines is 1. The molecule has 0 bridgehead atoms. The molecule has 1 saturated heterocycles. The summed E-state index contributed by atoms with van der Waals surface area (Å²) in [5.41, 5.74) is 3.01. The number of anilines is 2. The molecule has 36 heavy (non-hydrogen) atoms. The van der Waals surface area contributed by atoms with Crippen LogP contribution >= 0.6 is 15.9 Å². The molecule has 190 valence electrons. The average molecular weight is 554 g/mol.